The first-order valence-corrected chi connectivity index (χ1v) is 10.5. The highest BCUT2D eigenvalue weighted by Crippen LogP contribution is 2.45. The van der Waals surface area contributed by atoms with Gasteiger partial charge in [-0.05, 0) is 31.5 Å². The van der Waals surface area contributed by atoms with Crippen LogP contribution in [0.1, 0.15) is 25.5 Å². The van der Waals surface area contributed by atoms with E-state index in [2.05, 4.69) is 5.32 Å². The summed E-state index contributed by atoms with van der Waals surface area (Å²) in [6.45, 7) is 2.85. The number of hydrogen-bond donors (Lipinski definition) is 1. The number of rotatable bonds is 5. The number of carbonyl (C=O) groups excluding carboxylic acids is 2. The summed E-state index contributed by atoms with van der Waals surface area (Å²) in [4.78, 5) is 25.4. The Labute approximate surface area is 164 Å². The van der Waals surface area contributed by atoms with Crippen molar-refractivity contribution in [3.8, 4) is 0 Å². The van der Waals surface area contributed by atoms with Crippen LogP contribution in [0.3, 0.4) is 0 Å². The van der Waals surface area contributed by atoms with Crippen LogP contribution in [0, 0.1) is 5.92 Å². The number of sulfone groups is 1. The van der Waals surface area contributed by atoms with Crippen LogP contribution >= 0.6 is 0 Å². The fourth-order valence-corrected chi connectivity index (χ4v) is 6.42. The summed E-state index contributed by atoms with van der Waals surface area (Å²) in [6, 6.07) is 16.3. The molecule has 0 amide bonds. The van der Waals surface area contributed by atoms with Crippen molar-refractivity contribution in [2.75, 3.05) is 7.11 Å². The van der Waals surface area contributed by atoms with Crippen molar-refractivity contribution in [2.45, 2.75) is 35.6 Å². The van der Waals surface area contributed by atoms with Crippen molar-refractivity contribution in [3.63, 3.8) is 0 Å². The third-order valence-electron chi connectivity index (χ3n) is 5.35. The molecule has 0 unspecified atom stereocenters. The first kappa shape index (κ1) is 20.2. The van der Waals surface area contributed by atoms with Gasteiger partial charge in [0.05, 0.1) is 17.9 Å². The van der Waals surface area contributed by atoms with Gasteiger partial charge >= 0.3 is 5.97 Å². The van der Waals surface area contributed by atoms with E-state index < -0.39 is 38.6 Å². The topological polar surface area (TPSA) is 89.5 Å². The molecule has 4 atom stereocenters. The Kier molecular flexibility index (Phi) is 5.41. The Bertz CT molecular complexity index is 974. The first-order valence-electron chi connectivity index (χ1n) is 8.94. The number of nitrogens with one attached hydrogen (secondary N) is 1. The van der Waals surface area contributed by atoms with Crippen LogP contribution in [-0.4, -0.2) is 38.1 Å². The van der Waals surface area contributed by atoms with E-state index >= 15 is 0 Å². The maximum atomic E-state index is 13.6. The third kappa shape index (κ3) is 3.25. The van der Waals surface area contributed by atoms with E-state index in [1.807, 2.05) is 30.3 Å². The minimum absolute atomic E-state index is 0.0666. The van der Waals surface area contributed by atoms with Crippen molar-refractivity contribution in [1.82, 2.24) is 5.32 Å². The number of esters is 1. The fourth-order valence-electron chi connectivity index (χ4n) is 4.07. The summed E-state index contributed by atoms with van der Waals surface area (Å²) < 4.78 is 32.1. The van der Waals surface area contributed by atoms with Gasteiger partial charge in [0.15, 0.2) is 9.84 Å². The van der Waals surface area contributed by atoms with E-state index in [9.17, 15) is 18.0 Å². The molecule has 0 spiro atoms. The molecule has 0 saturated carbocycles. The molecule has 0 radical (unpaired) electrons. The number of ketones is 1. The molecule has 0 aliphatic carbocycles. The molecule has 1 aliphatic heterocycles. The number of Topliss-reactive ketones (excluding diaryl/α,β-unsaturated/α-hetero) is 1. The molecular weight excluding hydrogens is 378 g/mol. The van der Waals surface area contributed by atoms with Crippen molar-refractivity contribution in [3.05, 3.63) is 66.2 Å². The van der Waals surface area contributed by atoms with Gasteiger partial charge in [0.2, 0.25) is 0 Å². The summed E-state index contributed by atoms with van der Waals surface area (Å²) in [5.74, 6) is -1.98. The smallest absolute Gasteiger partial charge is 0.327 e. The van der Waals surface area contributed by atoms with E-state index in [1.165, 1.54) is 33.1 Å². The minimum atomic E-state index is -4.02. The largest absolute Gasteiger partial charge is 0.468 e. The van der Waals surface area contributed by atoms with E-state index in [0.29, 0.717) is 0 Å². The number of hydrogen-bond acceptors (Lipinski definition) is 6. The second-order valence-electron chi connectivity index (χ2n) is 7.14. The molecule has 1 N–H and O–H groups in total. The second-order valence-corrected chi connectivity index (χ2v) is 9.21. The van der Waals surface area contributed by atoms with Crippen molar-refractivity contribution >= 4 is 21.6 Å². The van der Waals surface area contributed by atoms with Crippen molar-refractivity contribution in [2.24, 2.45) is 5.92 Å². The average Bonchev–Trinajstić information content (AvgIpc) is 3.04. The highest BCUT2D eigenvalue weighted by Gasteiger charge is 2.62. The molecule has 1 fully saturated rings. The standard InChI is InChI=1S/C21H23NO5S/c1-14(23)17-18(15-10-6-4-7-11-15)22-21(2,20(24)27-3)19(17)28(25,26)16-12-8-5-9-13-16/h4-13,17-19,22H,1-3H3/t17-,18+,19+,21+/m0/s1. The lowest BCUT2D eigenvalue weighted by atomic mass is 9.87. The second kappa shape index (κ2) is 7.48. The Morgan fingerprint density at radius 3 is 2.04 bits per heavy atom. The predicted molar refractivity (Wildman–Crippen MR) is 104 cm³/mol. The molecule has 2 aromatic rings. The van der Waals surface area contributed by atoms with Gasteiger partial charge in [-0.3, -0.25) is 14.9 Å². The third-order valence-corrected chi connectivity index (χ3v) is 7.72. The van der Waals surface area contributed by atoms with Gasteiger partial charge < -0.3 is 4.74 Å². The first-order chi connectivity index (χ1) is 13.2. The molecule has 0 aromatic heterocycles. The zero-order chi connectivity index (χ0) is 20.5. The summed E-state index contributed by atoms with van der Waals surface area (Å²) in [6.07, 6.45) is 0. The minimum Gasteiger partial charge on any atom is -0.468 e. The molecule has 1 heterocycles. The average molecular weight is 401 g/mol. The molecule has 2 aromatic carbocycles. The van der Waals surface area contributed by atoms with Gasteiger partial charge in [0, 0.05) is 6.04 Å². The van der Waals surface area contributed by atoms with E-state index in [-0.39, 0.29) is 10.7 Å². The molecule has 148 valence electrons. The van der Waals surface area contributed by atoms with Crippen LogP contribution < -0.4 is 5.32 Å². The maximum Gasteiger partial charge on any atom is 0.327 e. The molecule has 1 saturated heterocycles. The molecule has 0 bridgehead atoms. The van der Waals surface area contributed by atoms with Gasteiger partial charge in [-0.15, -0.1) is 0 Å². The monoisotopic (exact) mass is 401 g/mol. The normalized spacial score (nSPS) is 27.3. The van der Waals surface area contributed by atoms with E-state index in [0.717, 1.165) is 5.56 Å². The van der Waals surface area contributed by atoms with Gasteiger partial charge in [-0.25, -0.2) is 8.42 Å². The molecule has 7 heteroatoms. The SMILES string of the molecule is COC(=O)[C@]1(C)N[C@H](c2ccccc2)[C@H](C(C)=O)[C@H]1S(=O)(=O)c1ccccc1. The van der Waals surface area contributed by atoms with Gasteiger partial charge in [-0.2, -0.15) is 0 Å². The van der Waals surface area contributed by atoms with Crippen LogP contribution in [-0.2, 0) is 24.2 Å². The Balaban J connectivity index is 2.23. The zero-order valence-electron chi connectivity index (χ0n) is 16.0. The highest BCUT2D eigenvalue weighted by atomic mass is 32.2. The van der Waals surface area contributed by atoms with Crippen LogP contribution in [0.5, 0.6) is 0 Å². The van der Waals surface area contributed by atoms with Crippen LogP contribution in [0.25, 0.3) is 0 Å². The number of carbonyl (C=O) groups is 2. The number of benzene rings is 2. The van der Waals surface area contributed by atoms with Crippen molar-refractivity contribution in [1.29, 1.82) is 0 Å². The molecule has 3 rings (SSSR count). The summed E-state index contributed by atoms with van der Waals surface area (Å²) in [7, 11) is -2.81. The number of ether oxygens (including phenoxy) is 1. The molecule has 1 aliphatic rings. The highest BCUT2D eigenvalue weighted by molar-refractivity contribution is 7.92. The van der Waals surface area contributed by atoms with E-state index in [1.54, 1.807) is 18.2 Å². The fraction of sp³-hybridized carbons (Fsp3) is 0.333. The Hall–Kier alpha value is -2.51. The summed E-state index contributed by atoms with van der Waals surface area (Å²) >= 11 is 0. The molecule has 6 nitrogen and oxygen atoms in total. The maximum absolute atomic E-state index is 13.6. The lowest BCUT2D eigenvalue weighted by Crippen LogP contribution is -2.56. The van der Waals surface area contributed by atoms with Crippen molar-refractivity contribution < 1.29 is 22.7 Å². The lowest BCUT2D eigenvalue weighted by Gasteiger charge is -2.30. The van der Waals surface area contributed by atoms with Gasteiger partial charge in [-0.1, -0.05) is 48.5 Å². The Morgan fingerprint density at radius 1 is 1.00 bits per heavy atom. The number of methoxy groups -OCH3 is 1. The van der Waals surface area contributed by atoms with E-state index in [4.69, 9.17) is 4.74 Å². The molecular formula is C21H23NO5S. The van der Waals surface area contributed by atoms with Crippen LogP contribution in [0.15, 0.2) is 65.6 Å². The predicted octanol–water partition coefficient (Wildman–Crippen LogP) is 2.31. The summed E-state index contributed by atoms with van der Waals surface area (Å²) in [5, 5.41) is 1.81. The zero-order valence-corrected chi connectivity index (χ0v) is 16.8. The van der Waals surface area contributed by atoms with Gasteiger partial charge in [0.25, 0.3) is 0 Å². The van der Waals surface area contributed by atoms with Crippen LogP contribution in [0.2, 0.25) is 0 Å². The lowest BCUT2D eigenvalue weighted by molar-refractivity contribution is -0.147. The van der Waals surface area contributed by atoms with Gasteiger partial charge in [0.1, 0.15) is 16.6 Å². The van der Waals surface area contributed by atoms with Crippen LogP contribution in [0.4, 0.5) is 0 Å². The quantitative estimate of drug-likeness (QED) is 0.774. The molecule has 28 heavy (non-hydrogen) atoms. The Morgan fingerprint density at radius 2 is 1.54 bits per heavy atom. The summed E-state index contributed by atoms with van der Waals surface area (Å²) in [5.41, 5.74) is -0.844.